The number of halogens is 2. The molecule has 1 unspecified atom stereocenters. The van der Waals surface area contributed by atoms with Crippen LogP contribution in [0.25, 0.3) is 0 Å². The van der Waals surface area contributed by atoms with Crippen LogP contribution in [0.2, 0.25) is 10.0 Å². The van der Waals surface area contributed by atoms with Gasteiger partial charge in [-0.15, -0.1) is 11.3 Å². The molecule has 1 N–H and O–H groups in total. The molecule has 2 aromatic heterocycles. The number of aliphatic hydroxyl groups excluding tert-OH is 1. The Hall–Kier alpha value is -0.610. The van der Waals surface area contributed by atoms with Crippen LogP contribution in [-0.2, 0) is 0 Å². The summed E-state index contributed by atoms with van der Waals surface area (Å²) in [5.41, 5.74) is 1.47. The Bertz CT molecular complexity index is 512. The van der Waals surface area contributed by atoms with Gasteiger partial charge in [-0.2, -0.15) is 0 Å². The van der Waals surface area contributed by atoms with Crippen molar-refractivity contribution in [3.8, 4) is 0 Å². The largest absolute Gasteiger partial charge is 0.381 e. The summed E-state index contributed by atoms with van der Waals surface area (Å²) in [6, 6.07) is 3.53. The van der Waals surface area contributed by atoms with Crippen molar-refractivity contribution in [2.45, 2.75) is 13.0 Å². The molecule has 0 spiro atoms. The zero-order valence-corrected chi connectivity index (χ0v) is 10.8. The average molecular weight is 274 g/mol. The summed E-state index contributed by atoms with van der Waals surface area (Å²) in [4.78, 5) is 4.93. The number of aryl methyl sites for hydroxylation is 1. The highest BCUT2D eigenvalue weighted by Crippen LogP contribution is 2.32. The lowest BCUT2D eigenvalue weighted by atomic mass is 10.1. The zero-order chi connectivity index (χ0) is 11.7. The third-order valence-electron chi connectivity index (χ3n) is 2.25. The first-order valence-corrected chi connectivity index (χ1v) is 6.26. The molecule has 5 heteroatoms. The Morgan fingerprint density at radius 1 is 1.44 bits per heavy atom. The molecule has 0 aliphatic rings. The lowest BCUT2D eigenvalue weighted by Crippen LogP contribution is -2.02. The lowest BCUT2D eigenvalue weighted by Gasteiger charge is -2.11. The highest BCUT2D eigenvalue weighted by molar-refractivity contribution is 7.10. The van der Waals surface area contributed by atoms with Gasteiger partial charge in [0.15, 0.2) is 0 Å². The molecular weight excluding hydrogens is 265 g/mol. The number of nitrogens with zero attached hydrogens (tertiary/aromatic N) is 1. The second-order valence-corrected chi connectivity index (χ2v) is 5.18. The second-order valence-electron chi connectivity index (χ2n) is 3.39. The van der Waals surface area contributed by atoms with E-state index in [9.17, 15) is 5.11 Å². The van der Waals surface area contributed by atoms with Gasteiger partial charge in [0.05, 0.1) is 15.7 Å². The van der Waals surface area contributed by atoms with Crippen molar-refractivity contribution < 1.29 is 5.11 Å². The molecule has 0 aliphatic heterocycles. The molecule has 0 aliphatic carbocycles. The van der Waals surface area contributed by atoms with E-state index in [-0.39, 0.29) is 0 Å². The van der Waals surface area contributed by atoms with Crippen molar-refractivity contribution in [3.05, 3.63) is 49.9 Å². The Morgan fingerprint density at radius 3 is 2.75 bits per heavy atom. The van der Waals surface area contributed by atoms with Crippen LogP contribution in [0.4, 0.5) is 0 Å². The van der Waals surface area contributed by atoms with Gasteiger partial charge < -0.3 is 5.11 Å². The Balaban J connectivity index is 2.41. The van der Waals surface area contributed by atoms with Crippen molar-refractivity contribution in [2.75, 3.05) is 0 Å². The number of rotatable bonds is 2. The van der Waals surface area contributed by atoms with Crippen LogP contribution in [0.5, 0.6) is 0 Å². The summed E-state index contributed by atoms with van der Waals surface area (Å²) in [5.74, 6) is 0. The molecule has 0 saturated carbocycles. The van der Waals surface area contributed by atoms with E-state index in [1.54, 1.807) is 6.07 Å². The quantitative estimate of drug-likeness (QED) is 0.902. The average Bonchev–Trinajstić information content (AvgIpc) is 2.63. The maximum absolute atomic E-state index is 10.2. The second kappa shape index (κ2) is 4.72. The van der Waals surface area contributed by atoms with E-state index in [0.717, 1.165) is 10.4 Å². The van der Waals surface area contributed by atoms with E-state index in [4.69, 9.17) is 23.2 Å². The summed E-state index contributed by atoms with van der Waals surface area (Å²) >= 11 is 13.2. The van der Waals surface area contributed by atoms with E-state index in [1.807, 2.05) is 18.4 Å². The van der Waals surface area contributed by atoms with Crippen LogP contribution < -0.4 is 0 Å². The fraction of sp³-hybridized carbons (Fsp3) is 0.182. The predicted octanol–water partition coefficient (Wildman–Crippen LogP) is 3.84. The van der Waals surface area contributed by atoms with Crippen LogP contribution in [0.15, 0.2) is 23.7 Å². The van der Waals surface area contributed by atoms with Crippen LogP contribution >= 0.6 is 34.5 Å². The minimum atomic E-state index is -0.787. The molecule has 0 amide bonds. The SMILES string of the molecule is Cc1ccsc1C(O)c1ncc(Cl)cc1Cl. The van der Waals surface area contributed by atoms with Gasteiger partial charge in [-0.25, -0.2) is 0 Å². The molecule has 0 aromatic carbocycles. The summed E-state index contributed by atoms with van der Waals surface area (Å²) in [5, 5.41) is 12.9. The Kier molecular flexibility index (Phi) is 3.50. The smallest absolute Gasteiger partial charge is 0.132 e. The van der Waals surface area contributed by atoms with Crippen molar-refractivity contribution in [3.63, 3.8) is 0 Å². The summed E-state index contributed by atoms with van der Waals surface area (Å²) in [6.07, 6.45) is 0.694. The molecule has 2 heterocycles. The molecule has 0 saturated heterocycles. The number of aliphatic hydroxyl groups is 1. The molecule has 0 radical (unpaired) electrons. The Morgan fingerprint density at radius 2 is 2.19 bits per heavy atom. The molecule has 1 atom stereocenters. The number of hydrogen-bond donors (Lipinski definition) is 1. The highest BCUT2D eigenvalue weighted by atomic mass is 35.5. The van der Waals surface area contributed by atoms with Gasteiger partial charge in [-0.1, -0.05) is 23.2 Å². The van der Waals surface area contributed by atoms with Crippen LogP contribution in [0.1, 0.15) is 22.2 Å². The fourth-order valence-electron chi connectivity index (χ4n) is 1.42. The third-order valence-corrected chi connectivity index (χ3v) is 3.83. The van der Waals surface area contributed by atoms with E-state index in [2.05, 4.69) is 4.98 Å². The molecule has 2 nitrogen and oxygen atoms in total. The number of thiophene rings is 1. The van der Waals surface area contributed by atoms with E-state index in [0.29, 0.717) is 15.7 Å². The summed E-state index contributed by atoms with van der Waals surface area (Å²) in [6.45, 7) is 1.94. The van der Waals surface area contributed by atoms with Gasteiger partial charge in [0.2, 0.25) is 0 Å². The molecule has 2 rings (SSSR count). The number of aromatic nitrogens is 1. The van der Waals surface area contributed by atoms with Crippen molar-refractivity contribution >= 4 is 34.5 Å². The predicted molar refractivity (Wildman–Crippen MR) is 67.4 cm³/mol. The first-order chi connectivity index (χ1) is 7.59. The van der Waals surface area contributed by atoms with E-state index < -0.39 is 6.10 Å². The van der Waals surface area contributed by atoms with Gasteiger partial charge in [-0.05, 0) is 30.0 Å². The van der Waals surface area contributed by atoms with Crippen molar-refractivity contribution in [2.24, 2.45) is 0 Å². The van der Waals surface area contributed by atoms with Crippen molar-refractivity contribution in [1.29, 1.82) is 0 Å². The minimum Gasteiger partial charge on any atom is -0.381 e. The molecule has 2 aromatic rings. The van der Waals surface area contributed by atoms with Gasteiger partial charge in [0.25, 0.3) is 0 Å². The highest BCUT2D eigenvalue weighted by Gasteiger charge is 2.18. The molecule has 16 heavy (non-hydrogen) atoms. The maximum Gasteiger partial charge on any atom is 0.132 e. The van der Waals surface area contributed by atoms with Gasteiger partial charge in [0, 0.05) is 11.1 Å². The minimum absolute atomic E-state index is 0.382. The van der Waals surface area contributed by atoms with Crippen molar-refractivity contribution in [1.82, 2.24) is 4.98 Å². The van der Waals surface area contributed by atoms with Gasteiger partial charge in [-0.3, -0.25) is 4.98 Å². The standard InChI is InChI=1S/C11H9Cl2NOS/c1-6-2-3-16-11(6)10(15)9-8(13)4-7(12)5-14-9/h2-5,10,15H,1H3. The topological polar surface area (TPSA) is 33.1 Å². The molecule has 0 bridgehead atoms. The van der Waals surface area contributed by atoms with Crippen LogP contribution in [0.3, 0.4) is 0 Å². The first kappa shape index (κ1) is 11.9. The Labute approximate surface area is 107 Å². The molecule has 0 fully saturated rings. The molecular formula is C11H9Cl2NOS. The summed E-state index contributed by atoms with van der Waals surface area (Å²) < 4.78 is 0. The number of hydrogen-bond acceptors (Lipinski definition) is 3. The first-order valence-electron chi connectivity index (χ1n) is 4.62. The normalized spacial score (nSPS) is 12.8. The van der Waals surface area contributed by atoms with E-state index in [1.165, 1.54) is 17.5 Å². The maximum atomic E-state index is 10.2. The molecule has 84 valence electrons. The number of pyridine rings is 1. The van der Waals surface area contributed by atoms with Crippen LogP contribution in [-0.4, -0.2) is 10.1 Å². The zero-order valence-electron chi connectivity index (χ0n) is 8.45. The fourth-order valence-corrected chi connectivity index (χ4v) is 2.81. The summed E-state index contributed by atoms with van der Waals surface area (Å²) in [7, 11) is 0. The lowest BCUT2D eigenvalue weighted by molar-refractivity contribution is 0.218. The van der Waals surface area contributed by atoms with Crippen LogP contribution in [0, 0.1) is 6.92 Å². The monoisotopic (exact) mass is 273 g/mol. The van der Waals surface area contributed by atoms with Gasteiger partial charge >= 0.3 is 0 Å². The van der Waals surface area contributed by atoms with E-state index >= 15 is 0 Å². The third kappa shape index (κ3) is 2.23. The van der Waals surface area contributed by atoms with Gasteiger partial charge in [0.1, 0.15) is 6.10 Å².